The number of rotatable bonds is 5. The first-order chi connectivity index (χ1) is 15.3. The molecule has 0 unspecified atom stereocenters. The maximum Gasteiger partial charge on any atom is 0.295 e. The van der Waals surface area contributed by atoms with Crippen LogP contribution in [0.5, 0.6) is 5.75 Å². The maximum absolute atomic E-state index is 13.4. The van der Waals surface area contributed by atoms with E-state index >= 15 is 0 Å². The predicted octanol–water partition coefficient (Wildman–Crippen LogP) is 5.36. The number of ether oxygens (including phenoxy) is 1. The summed E-state index contributed by atoms with van der Waals surface area (Å²) in [6, 6.07) is 12.2. The van der Waals surface area contributed by atoms with E-state index in [1.807, 2.05) is 0 Å². The summed E-state index contributed by atoms with van der Waals surface area (Å²) in [5, 5.41) is 5.50. The topological polar surface area (TPSA) is 80.6 Å². The van der Waals surface area contributed by atoms with E-state index in [4.69, 9.17) is 9.15 Å². The molecule has 0 saturated heterocycles. The van der Waals surface area contributed by atoms with Crippen LogP contribution in [0.4, 0.5) is 24.5 Å². The van der Waals surface area contributed by atoms with Gasteiger partial charge in [0.2, 0.25) is 5.76 Å². The molecular formula is C23H15F3N2O4. The van der Waals surface area contributed by atoms with Crippen molar-refractivity contribution in [3.05, 3.63) is 89.4 Å². The molecule has 1 heterocycles. The van der Waals surface area contributed by atoms with E-state index in [9.17, 15) is 22.8 Å². The third-order valence-corrected chi connectivity index (χ3v) is 4.54. The molecule has 3 aromatic carbocycles. The minimum absolute atomic E-state index is 0.118. The van der Waals surface area contributed by atoms with Gasteiger partial charge in [-0.25, -0.2) is 13.2 Å². The van der Waals surface area contributed by atoms with Crippen molar-refractivity contribution in [2.24, 2.45) is 0 Å². The summed E-state index contributed by atoms with van der Waals surface area (Å²) in [5.74, 6) is -3.54. The van der Waals surface area contributed by atoms with Gasteiger partial charge in [-0.05, 0) is 54.6 Å². The molecule has 0 aliphatic heterocycles. The standard InChI is InChI=1S/C23H15F3N2O4/c1-31-20-18-11-17(28-22(29)12-8-14(25)10-15(26)9-12)6-7-19(18)32-21(20)23(30)27-16-4-2-13(24)3-5-16/h2-11H,1H3,(H,27,30)(H,28,29). The average Bonchev–Trinajstić information content (AvgIpc) is 3.12. The van der Waals surface area contributed by atoms with Crippen molar-refractivity contribution < 1.29 is 31.9 Å². The van der Waals surface area contributed by atoms with Crippen molar-refractivity contribution >= 4 is 34.2 Å². The number of hydrogen-bond acceptors (Lipinski definition) is 4. The summed E-state index contributed by atoms with van der Waals surface area (Å²) >= 11 is 0. The minimum atomic E-state index is -0.876. The monoisotopic (exact) mass is 440 g/mol. The number of halogens is 3. The van der Waals surface area contributed by atoms with E-state index in [1.165, 1.54) is 49.6 Å². The Kier molecular flexibility index (Phi) is 5.55. The van der Waals surface area contributed by atoms with Gasteiger partial charge in [0.25, 0.3) is 11.8 Å². The van der Waals surface area contributed by atoms with Gasteiger partial charge in [0.1, 0.15) is 23.0 Å². The Labute approximate surface area is 179 Å². The Bertz CT molecular complexity index is 1310. The van der Waals surface area contributed by atoms with Gasteiger partial charge in [0.05, 0.1) is 12.5 Å². The lowest BCUT2D eigenvalue weighted by Gasteiger charge is -2.06. The lowest BCUT2D eigenvalue weighted by Crippen LogP contribution is -2.12. The molecule has 0 bridgehead atoms. The molecule has 0 saturated carbocycles. The van der Waals surface area contributed by atoms with E-state index in [1.54, 1.807) is 0 Å². The molecule has 0 atom stereocenters. The van der Waals surface area contributed by atoms with Crippen molar-refractivity contribution in [3.63, 3.8) is 0 Å². The SMILES string of the molecule is COc1c(C(=O)Nc2ccc(F)cc2)oc2ccc(NC(=O)c3cc(F)cc(F)c3)cc12. The zero-order chi connectivity index (χ0) is 22.8. The first kappa shape index (κ1) is 21.0. The number of furan rings is 1. The lowest BCUT2D eigenvalue weighted by molar-refractivity contribution is 0.0992. The van der Waals surface area contributed by atoms with Crippen molar-refractivity contribution in [2.75, 3.05) is 17.7 Å². The van der Waals surface area contributed by atoms with Gasteiger partial charge in [-0.15, -0.1) is 0 Å². The smallest absolute Gasteiger partial charge is 0.295 e. The quantitative estimate of drug-likeness (QED) is 0.438. The summed E-state index contributed by atoms with van der Waals surface area (Å²) in [6.07, 6.45) is 0. The molecule has 1 aromatic heterocycles. The highest BCUT2D eigenvalue weighted by Gasteiger charge is 2.22. The Hall–Kier alpha value is -4.27. The molecular weight excluding hydrogens is 425 g/mol. The molecule has 0 radical (unpaired) electrons. The van der Waals surface area contributed by atoms with Crippen LogP contribution in [0.1, 0.15) is 20.9 Å². The van der Waals surface area contributed by atoms with Crippen molar-refractivity contribution in [1.82, 2.24) is 0 Å². The van der Waals surface area contributed by atoms with E-state index in [0.717, 1.165) is 12.1 Å². The van der Waals surface area contributed by atoms with E-state index < -0.39 is 29.3 Å². The molecule has 9 heteroatoms. The number of methoxy groups -OCH3 is 1. The number of hydrogen-bond donors (Lipinski definition) is 2. The van der Waals surface area contributed by atoms with Gasteiger partial charge < -0.3 is 19.8 Å². The lowest BCUT2D eigenvalue weighted by atomic mass is 10.1. The van der Waals surface area contributed by atoms with Crippen LogP contribution < -0.4 is 15.4 Å². The van der Waals surface area contributed by atoms with Gasteiger partial charge >= 0.3 is 0 Å². The van der Waals surface area contributed by atoms with E-state index in [-0.39, 0.29) is 22.8 Å². The maximum atomic E-state index is 13.4. The molecule has 162 valence electrons. The molecule has 2 amide bonds. The summed E-state index contributed by atoms with van der Waals surface area (Å²) in [6.45, 7) is 0. The zero-order valence-electron chi connectivity index (χ0n) is 16.5. The fourth-order valence-electron chi connectivity index (χ4n) is 3.11. The van der Waals surface area contributed by atoms with Crippen LogP contribution in [0, 0.1) is 17.5 Å². The van der Waals surface area contributed by atoms with Gasteiger partial charge in [-0.1, -0.05) is 0 Å². The highest BCUT2D eigenvalue weighted by atomic mass is 19.1. The van der Waals surface area contributed by atoms with Gasteiger partial charge in [-0.2, -0.15) is 0 Å². The Balaban J connectivity index is 1.61. The first-order valence-corrected chi connectivity index (χ1v) is 9.29. The number of amides is 2. The second-order valence-electron chi connectivity index (χ2n) is 6.75. The summed E-state index contributed by atoms with van der Waals surface area (Å²) < 4.78 is 50.8. The summed E-state index contributed by atoms with van der Waals surface area (Å²) in [4.78, 5) is 25.0. The Morgan fingerprint density at radius 1 is 0.781 bits per heavy atom. The normalized spacial score (nSPS) is 10.8. The largest absolute Gasteiger partial charge is 0.492 e. The highest BCUT2D eigenvalue weighted by Crippen LogP contribution is 2.35. The third kappa shape index (κ3) is 4.27. The molecule has 0 aliphatic rings. The minimum Gasteiger partial charge on any atom is -0.492 e. The predicted molar refractivity (Wildman–Crippen MR) is 111 cm³/mol. The number of nitrogens with one attached hydrogen (secondary N) is 2. The molecule has 0 aliphatic carbocycles. The van der Waals surface area contributed by atoms with Crippen molar-refractivity contribution in [1.29, 1.82) is 0 Å². The van der Waals surface area contributed by atoms with Crippen molar-refractivity contribution in [3.8, 4) is 5.75 Å². The molecule has 0 fully saturated rings. The van der Waals surface area contributed by atoms with E-state index in [0.29, 0.717) is 22.7 Å². The van der Waals surface area contributed by atoms with Crippen LogP contribution in [0.2, 0.25) is 0 Å². The number of benzene rings is 3. The van der Waals surface area contributed by atoms with Crippen LogP contribution in [-0.2, 0) is 0 Å². The van der Waals surface area contributed by atoms with Crippen LogP contribution in [0.15, 0.2) is 65.1 Å². The first-order valence-electron chi connectivity index (χ1n) is 9.29. The molecule has 4 aromatic rings. The van der Waals surface area contributed by atoms with Gasteiger partial charge in [0.15, 0.2) is 5.75 Å². The van der Waals surface area contributed by atoms with Crippen LogP contribution in [0.3, 0.4) is 0 Å². The molecule has 4 rings (SSSR count). The van der Waals surface area contributed by atoms with Crippen LogP contribution in [0.25, 0.3) is 11.0 Å². The molecule has 6 nitrogen and oxygen atoms in total. The molecule has 2 N–H and O–H groups in total. The van der Waals surface area contributed by atoms with Gasteiger partial charge in [0, 0.05) is 23.0 Å². The third-order valence-electron chi connectivity index (χ3n) is 4.54. The molecule has 32 heavy (non-hydrogen) atoms. The summed E-state index contributed by atoms with van der Waals surface area (Å²) in [7, 11) is 1.35. The number of carbonyl (C=O) groups is 2. The van der Waals surface area contributed by atoms with E-state index in [2.05, 4.69) is 10.6 Å². The number of fused-ring (bicyclic) bond motifs is 1. The molecule has 0 spiro atoms. The average molecular weight is 440 g/mol. The number of carbonyl (C=O) groups excluding carboxylic acids is 2. The Morgan fingerprint density at radius 3 is 2.06 bits per heavy atom. The van der Waals surface area contributed by atoms with Gasteiger partial charge in [-0.3, -0.25) is 9.59 Å². The fraction of sp³-hybridized carbons (Fsp3) is 0.0435. The Morgan fingerprint density at radius 2 is 1.41 bits per heavy atom. The summed E-state index contributed by atoms with van der Waals surface area (Å²) in [5.41, 5.74) is 0.757. The van der Waals surface area contributed by atoms with Crippen LogP contribution in [-0.4, -0.2) is 18.9 Å². The fourth-order valence-corrected chi connectivity index (χ4v) is 3.11. The van der Waals surface area contributed by atoms with Crippen LogP contribution >= 0.6 is 0 Å². The second kappa shape index (κ2) is 8.46. The highest BCUT2D eigenvalue weighted by molar-refractivity contribution is 6.09. The van der Waals surface area contributed by atoms with Crippen molar-refractivity contribution in [2.45, 2.75) is 0 Å². The number of anilines is 2. The zero-order valence-corrected chi connectivity index (χ0v) is 16.5. The second-order valence-corrected chi connectivity index (χ2v) is 6.75.